The summed E-state index contributed by atoms with van der Waals surface area (Å²) in [5.74, 6) is -0.128. The molecule has 2 atom stereocenters. The highest BCUT2D eigenvalue weighted by Gasteiger charge is 2.35. The van der Waals surface area contributed by atoms with Gasteiger partial charge in [0, 0.05) is 10.4 Å². The fourth-order valence-corrected chi connectivity index (χ4v) is 2.20. The molecule has 0 aliphatic heterocycles. The maximum atomic E-state index is 14.7. The molecule has 0 bridgehead atoms. The first-order valence-electron chi connectivity index (χ1n) is 4.94. The molecule has 0 spiro atoms. The number of allylic oxidation sites excluding steroid dienone is 4. The number of benzene rings is 1. The van der Waals surface area contributed by atoms with E-state index in [0.717, 1.165) is 4.47 Å². The molecule has 0 heterocycles. The maximum Gasteiger partial charge on any atom is 0.160 e. The molecule has 1 aliphatic rings. The standard InChI is InChI=1S/C13H12BrF/c1-10-5-2-3-8-13(10,15)11-6-4-7-12(14)9-11/h2-10H,1H3. The summed E-state index contributed by atoms with van der Waals surface area (Å²) in [6.45, 7) is 1.89. The zero-order valence-electron chi connectivity index (χ0n) is 8.45. The lowest BCUT2D eigenvalue weighted by atomic mass is 9.81. The molecule has 0 radical (unpaired) electrons. The maximum absolute atomic E-state index is 14.7. The third-order valence-corrected chi connectivity index (χ3v) is 3.27. The van der Waals surface area contributed by atoms with Crippen molar-refractivity contribution in [3.8, 4) is 0 Å². The Kier molecular flexibility index (Phi) is 2.79. The SMILES string of the molecule is CC1C=CC=CC1(F)c1cccc(Br)c1. The Morgan fingerprint density at radius 1 is 1.33 bits per heavy atom. The van der Waals surface area contributed by atoms with Gasteiger partial charge < -0.3 is 0 Å². The van der Waals surface area contributed by atoms with Crippen molar-refractivity contribution >= 4 is 15.9 Å². The molecule has 0 saturated carbocycles. The largest absolute Gasteiger partial charge is 0.233 e. The zero-order chi connectivity index (χ0) is 10.9. The summed E-state index contributed by atoms with van der Waals surface area (Å²) in [5, 5.41) is 0. The second-order valence-electron chi connectivity index (χ2n) is 3.81. The predicted molar refractivity (Wildman–Crippen MR) is 64.4 cm³/mol. The van der Waals surface area contributed by atoms with Crippen LogP contribution < -0.4 is 0 Å². The average molecular weight is 267 g/mol. The second kappa shape index (κ2) is 3.93. The molecule has 0 aromatic heterocycles. The number of rotatable bonds is 1. The predicted octanol–water partition coefficient (Wildman–Crippen LogP) is 4.38. The molecule has 2 heteroatoms. The molecule has 1 aliphatic carbocycles. The van der Waals surface area contributed by atoms with E-state index in [2.05, 4.69) is 15.9 Å². The molecule has 1 aromatic rings. The summed E-state index contributed by atoms with van der Waals surface area (Å²) in [5.41, 5.74) is -0.677. The first-order chi connectivity index (χ1) is 7.13. The summed E-state index contributed by atoms with van der Waals surface area (Å²) < 4.78 is 15.6. The molecule has 2 unspecified atom stereocenters. The van der Waals surface area contributed by atoms with E-state index >= 15 is 0 Å². The first-order valence-corrected chi connectivity index (χ1v) is 5.73. The minimum Gasteiger partial charge on any atom is -0.233 e. The van der Waals surface area contributed by atoms with Crippen LogP contribution in [0.3, 0.4) is 0 Å². The van der Waals surface area contributed by atoms with Gasteiger partial charge in [0.1, 0.15) is 0 Å². The molecule has 0 N–H and O–H groups in total. The minimum absolute atomic E-state index is 0.128. The van der Waals surface area contributed by atoms with Crippen molar-refractivity contribution in [3.05, 3.63) is 58.6 Å². The van der Waals surface area contributed by atoms with Crippen LogP contribution in [0.2, 0.25) is 0 Å². The zero-order valence-corrected chi connectivity index (χ0v) is 10.0. The van der Waals surface area contributed by atoms with Crippen LogP contribution >= 0.6 is 15.9 Å². The van der Waals surface area contributed by atoms with Crippen LogP contribution in [0, 0.1) is 5.92 Å². The Hall–Kier alpha value is -0.890. The topological polar surface area (TPSA) is 0 Å². The van der Waals surface area contributed by atoms with Crippen LogP contribution in [-0.2, 0) is 5.67 Å². The Morgan fingerprint density at radius 2 is 2.13 bits per heavy atom. The third-order valence-electron chi connectivity index (χ3n) is 2.78. The lowest BCUT2D eigenvalue weighted by Gasteiger charge is -2.29. The van der Waals surface area contributed by atoms with Crippen LogP contribution in [0.25, 0.3) is 0 Å². The molecular weight excluding hydrogens is 255 g/mol. The fraction of sp³-hybridized carbons (Fsp3) is 0.231. The van der Waals surface area contributed by atoms with Gasteiger partial charge in [0.05, 0.1) is 0 Å². The van der Waals surface area contributed by atoms with Gasteiger partial charge in [-0.15, -0.1) is 0 Å². The van der Waals surface area contributed by atoms with Crippen molar-refractivity contribution in [2.75, 3.05) is 0 Å². The highest BCUT2D eigenvalue weighted by atomic mass is 79.9. The average Bonchev–Trinajstić information content (AvgIpc) is 2.23. The van der Waals surface area contributed by atoms with Crippen molar-refractivity contribution in [2.24, 2.45) is 5.92 Å². The van der Waals surface area contributed by atoms with Crippen molar-refractivity contribution in [1.29, 1.82) is 0 Å². The lowest BCUT2D eigenvalue weighted by Crippen LogP contribution is -2.26. The van der Waals surface area contributed by atoms with E-state index in [-0.39, 0.29) is 5.92 Å². The summed E-state index contributed by atoms with van der Waals surface area (Å²) in [6, 6.07) is 7.42. The highest BCUT2D eigenvalue weighted by Crippen LogP contribution is 2.39. The highest BCUT2D eigenvalue weighted by molar-refractivity contribution is 9.10. The van der Waals surface area contributed by atoms with Gasteiger partial charge in [-0.25, -0.2) is 4.39 Å². The number of alkyl halides is 1. The van der Waals surface area contributed by atoms with Crippen molar-refractivity contribution < 1.29 is 4.39 Å². The van der Waals surface area contributed by atoms with Gasteiger partial charge in [-0.2, -0.15) is 0 Å². The van der Waals surface area contributed by atoms with E-state index < -0.39 is 5.67 Å². The van der Waals surface area contributed by atoms with Gasteiger partial charge in [-0.1, -0.05) is 53.2 Å². The minimum atomic E-state index is -1.38. The number of hydrogen-bond donors (Lipinski definition) is 0. The number of halogens is 2. The van der Waals surface area contributed by atoms with Crippen LogP contribution in [0.15, 0.2) is 53.0 Å². The van der Waals surface area contributed by atoms with Crippen molar-refractivity contribution in [2.45, 2.75) is 12.6 Å². The van der Waals surface area contributed by atoms with Gasteiger partial charge in [-0.05, 0) is 23.8 Å². The molecule has 0 saturated heterocycles. The first kappa shape index (κ1) is 10.6. The fourth-order valence-electron chi connectivity index (χ4n) is 1.80. The summed E-state index contributed by atoms with van der Waals surface area (Å²) in [7, 11) is 0. The van der Waals surface area contributed by atoms with Gasteiger partial charge in [0.25, 0.3) is 0 Å². The van der Waals surface area contributed by atoms with E-state index in [1.165, 1.54) is 0 Å². The molecule has 0 nitrogen and oxygen atoms in total. The monoisotopic (exact) mass is 266 g/mol. The molecular formula is C13H12BrF. The lowest BCUT2D eigenvalue weighted by molar-refractivity contribution is 0.176. The quantitative estimate of drug-likeness (QED) is 0.708. The molecule has 1 aromatic carbocycles. The summed E-state index contributed by atoms with van der Waals surface area (Å²) in [4.78, 5) is 0. The Morgan fingerprint density at radius 3 is 2.80 bits per heavy atom. The van der Waals surface area contributed by atoms with E-state index in [4.69, 9.17) is 0 Å². The van der Waals surface area contributed by atoms with Crippen LogP contribution in [0.4, 0.5) is 4.39 Å². The molecule has 2 rings (SSSR count). The van der Waals surface area contributed by atoms with Crippen LogP contribution in [0.5, 0.6) is 0 Å². The van der Waals surface area contributed by atoms with Gasteiger partial charge in [0.2, 0.25) is 0 Å². The van der Waals surface area contributed by atoms with Gasteiger partial charge in [0.15, 0.2) is 5.67 Å². The molecule has 0 amide bonds. The van der Waals surface area contributed by atoms with Gasteiger partial charge >= 0.3 is 0 Å². The Bertz CT molecular complexity index is 422. The van der Waals surface area contributed by atoms with E-state index in [1.807, 2.05) is 43.3 Å². The van der Waals surface area contributed by atoms with E-state index in [1.54, 1.807) is 12.2 Å². The van der Waals surface area contributed by atoms with Crippen LogP contribution in [0.1, 0.15) is 12.5 Å². The molecule has 0 fully saturated rings. The normalized spacial score (nSPS) is 29.4. The smallest absolute Gasteiger partial charge is 0.160 e. The Balaban J connectivity index is 2.45. The third kappa shape index (κ3) is 1.91. The number of hydrogen-bond acceptors (Lipinski definition) is 0. The van der Waals surface area contributed by atoms with Crippen LogP contribution in [-0.4, -0.2) is 0 Å². The van der Waals surface area contributed by atoms with Crippen molar-refractivity contribution in [3.63, 3.8) is 0 Å². The second-order valence-corrected chi connectivity index (χ2v) is 4.73. The molecule has 78 valence electrons. The molecule has 15 heavy (non-hydrogen) atoms. The van der Waals surface area contributed by atoms with E-state index in [0.29, 0.717) is 5.56 Å². The summed E-state index contributed by atoms with van der Waals surface area (Å²) >= 11 is 3.36. The van der Waals surface area contributed by atoms with Crippen molar-refractivity contribution in [1.82, 2.24) is 0 Å². The van der Waals surface area contributed by atoms with E-state index in [9.17, 15) is 4.39 Å². The summed E-state index contributed by atoms with van der Waals surface area (Å²) in [6.07, 6.45) is 7.17. The van der Waals surface area contributed by atoms with Gasteiger partial charge in [-0.3, -0.25) is 0 Å². The Labute approximate surface area is 97.6 Å².